The molecule has 3 aromatic rings. The van der Waals surface area contributed by atoms with Crippen LogP contribution in [0.1, 0.15) is 16.8 Å². The summed E-state index contributed by atoms with van der Waals surface area (Å²) in [7, 11) is 0. The van der Waals surface area contributed by atoms with Gasteiger partial charge in [-0.2, -0.15) is 5.10 Å². The molecule has 2 heterocycles. The molecule has 0 saturated heterocycles. The minimum atomic E-state index is 0.582. The molecule has 0 radical (unpaired) electrons. The van der Waals surface area contributed by atoms with Crippen LogP contribution in [0.25, 0.3) is 16.9 Å². The summed E-state index contributed by atoms with van der Waals surface area (Å²) in [6.45, 7) is 6.25. The van der Waals surface area contributed by atoms with Gasteiger partial charge in [-0.15, -0.1) is 11.3 Å². The van der Waals surface area contributed by atoms with Crippen molar-refractivity contribution >= 4 is 16.5 Å². The van der Waals surface area contributed by atoms with Gasteiger partial charge in [0.1, 0.15) is 0 Å². The second-order valence-corrected chi connectivity index (χ2v) is 5.81. The first-order valence-electron chi connectivity index (χ1n) is 6.40. The van der Waals surface area contributed by atoms with Gasteiger partial charge in [0.15, 0.2) is 5.13 Å². The summed E-state index contributed by atoms with van der Waals surface area (Å²) >= 11 is 1.45. The maximum atomic E-state index is 5.70. The van der Waals surface area contributed by atoms with Crippen LogP contribution in [0.5, 0.6) is 0 Å². The number of thiazole rings is 1. The summed E-state index contributed by atoms with van der Waals surface area (Å²) in [5.41, 5.74) is 12.3. The second kappa shape index (κ2) is 4.76. The quantitative estimate of drug-likeness (QED) is 0.783. The Morgan fingerprint density at radius 1 is 1.20 bits per heavy atom. The molecule has 20 heavy (non-hydrogen) atoms. The standard InChI is InChI=1S/C15H16N4S/c1-9-4-5-14(10(2)6-9)19-11(3)12(7-17-19)13-8-20-15(16)18-13/h4-8H,1-3H3,(H2,16,18). The minimum absolute atomic E-state index is 0.582. The topological polar surface area (TPSA) is 56.7 Å². The van der Waals surface area contributed by atoms with E-state index in [0.29, 0.717) is 5.13 Å². The Kier molecular flexibility index (Phi) is 3.06. The summed E-state index contributed by atoms with van der Waals surface area (Å²) in [5.74, 6) is 0. The van der Waals surface area contributed by atoms with Crippen LogP contribution in [-0.4, -0.2) is 14.8 Å². The van der Waals surface area contributed by atoms with Gasteiger partial charge in [0.2, 0.25) is 0 Å². The van der Waals surface area contributed by atoms with Crippen molar-refractivity contribution in [2.75, 3.05) is 5.73 Å². The lowest BCUT2D eigenvalue weighted by Gasteiger charge is -2.09. The van der Waals surface area contributed by atoms with Crippen LogP contribution in [0, 0.1) is 20.8 Å². The maximum absolute atomic E-state index is 5.70. The van der Waals surface area contributed by atoms with Gasteiger partial charge in [0, 0.05) is 10.9 Å². The number of benzene rings is 1. The Balaban J connectivity index is 2.10. The van der Waals surface area contributed by atoms with Gasteiger partial charge in [-0.1, -0.05) is 17.7 Å². The van der Waals surface area contributed by atoms with Crippen LogP contribution in [0.15, 0.2) is 29.8 Å². The summed E-state index contributed by atoms with van der Waals surface area (Å²) in [4.78, 5) is 4.33. The average Bonchev–Trinajstić information content (AvgIpc) is 2.96. The molecule has 0 aliphatic heterocycles. The van der Waals surface area contributed by atoms with Crippen molar-refractivity contribution in [2.24, 2.45) is 0 Å². The average molecular weight is 284 g/mol. The third kappa shape index (κ3) is 2.10. The minimum Gasteiger partial charge on any atom is -0.375 e. The molecule has 5 heteroatoms. The van der Waals surface area contributed by atoms with Gasteiger partial charge in [-0.05, 0) is 32.4 Å². The number of hydrogen-bond acceptors (Lipinski definition) is 4. The van der Waals surface area contributed by atoms with Crippen molar-refractivity contribution in [3.8, 4) is 16.9 Å². The number of nitrogen functional groups attached to an aromatic ring is 1. The maximum Gasteiger partial charge on any atom is 0.180 e. The number of nitrogens with two attached hydrogens (primary N) is 1. The van der Waals surface area contributed by atoms with Gasteiger partial charge in [0.05, 0.1) is 23.3 Å². The highest BCUT2D eigenvalue weighted by atomic mass is 32.1. The van der Waals surface area contributed by atoms with Crippen LogP contribution < -0.4 is 5.73 Å². The van der Waals surface area contributed by atoms with E-state index in [2.05, 4.69) is 49.1 Å². The van der Waals surface area contributed by atoms with E-state index in [-0.39, 0.29) is 0 Å². The predicted molar refractivity (Wildman–Crippen MR) is 83.3 cm³/mol. The Morgan fingerprint density at radius 2 is 2.00 bits per heavy atom. The van der Waals surface area contributed by atoms with E-state index in [1.807, 2.05) is 16.3 Å². The second-order valence-electron chi connectivity index (χ2n) is 4.92. The van der Waals surface area contributed by atoms with Crippen LogP contribution in [0.3, 0.4) is 0 Å². The molecule has 2 aromatic heterocycles. The number of rotatable bonds is 2. The first kappa shape index (κ1) is 12.9. The first-order chi connectivity index (χ1) is 9.56. The molecule has 3 rings (SSSR count). The number of anilines is 1. The highest BCUT2D eigenvalue weighted by Gasteiger charge is 2.13. The summed E-state index contributed by atoms with van der Waals surface area (Å²) in [6.07, 6.45) is 1.85. The van der Waals surface area contributed by atoms with Crippen molar-refractivity contribution in [2.45, 2.75) is 20.8 Å². The first-order valence-corrected chi connectivity index (χ1v) is 7.28. The van der Waals surface area contributed by atoms with E-state index < -0.39 is 0 Å². The normalized spacial score (nSPS) is 10.9. The van der Waals surface area contributed by atoms with Crippen molar-refractivity contribution in [1.82, 2.24) is 14.8 Å². The fraction of sp³-hybridized carbons (Fsp3) is 0.200. The van der Waals surface area contributed by atoms with Gasteiger partial charge in [-0.25, -0.2) is 9.67 Å². The van der Waals surface area contributed by atoms with Crippen molar-refractivity contribution in [1.29, 1.82) is 0 Å². The van der Waals surface area contributed by atoms with E-state index in [1.54, 1.807) is 0 Å². The molecule has 4 nitrogen and oxygen atoms in total. The lowest BCUT2D eigenvalue weighted by atomic mass is 10.1. The smallest absolute Gasteiger partial charge is 0.180 e. The fourth-order valence-corrected chi connectivity index (χ4v) is 2.92. The molecule has 0 aliphatic carbocycles. The van der Waals surface area contributed by atoms with Crippen LogP contribution in [0.2, 0.25) is 0 Å². The zero-order chi connectivity index (χ0) is 14.3. The molecule has 0 spiro atoms. The Labute approximate surface area is 121 Å². The fourth-order valence-electron chi connectivity index (χ4n) is 2.36. The van der Waals surface area contributed by atoms with Gasteiger partial charge < -0.3 is 5.73 Å². The van der Waals surface area contributed by atoms with Crippen LogP contribution >= 0.6 is 11.3 Å². The molecule has 0 atom stereocenters. The summed E-state index contributed by atoms with van der Waals surface area (Å²) in [5, 5.41) is 7.05. The van der Waals surface area contributed by atoms with E-state index in [1.165, 1.54) is 22.5 Å². The monoisotopic (exact) mass is 284 g/mol. The molecular weight excluding hydrogens is 268 g/mol. The Hall–Kier alpha value is -2.14. The van der Waals surface area contributed by atoms with E-state index in [4.69, 9.17) is 5.73 Å². The molecule has 2 N–H and O–H groups in total. The van der Waals surface area contributed by atoms with Crippen molar-refractivity contribution in [3.05, 3.63) is 46.6 Å². The van der Waals surface area contributed by atoms with Crippen LogP contribution in [0.4, 0.5) is 5.13 Å². The highest BCUT2D eigenvalue weighted by Crippen LogP contribution is 2.28. The lowest BCUT2D eigenvalue weighted by molar-refractivity contribution is 0.840. The number of hydrogen-bond donors (Lipinski definition) is 1. The zero-order valence-corrected chi connectivity index (χ0v) is 12.5. The largest absolute Gasteiger partial charge is 0.375 e. The Morgan fingerprint density at radius 3 is 2.65 bits per heavy atom. The molecule has 0 saturated carbocycles. The molecule has 0 unspecified atom stereocenters. The molecule has 0 amide bonds. The molecule has 0 bridgehead atoms. The van der Waals surface area contributed by atoms with E-state index in [0.717, 1.165) is 22.6 Å². The molecular formula is C15H16N4S. The van der Waals surface area contributed by atoms with E-state index in [9.17, 15) is 0 Å². The SMILES string of the molecule is Cc1ccc(-n2ncc(-c3csc(N)n3)c2C)c(C)c1. The third-order valence-electron chi connectivity index (χ3n) is 3.39. The molecule has 0 fully saturated rings. The molecule has 0 aliphatic rings. The van der Waals surface area contributed by atoms with Gasteiger partial charge in [0.25, 0.3) is 0 Å². The van der Waals surface area contributed by atoms with Crippen LogP contribution in [-0.2, 0) is 0 Å². The van der Waals surface area contributed by atoms with Crippen molar-refractivity contribution < 1.29 is 0 Å². The summed E-state index contributed by atoms with van der Waals surface area (Å²) in [6, 6.07) is 6.37. The lowest BCUT2D eigenvalue weighted by Crippen LogP contribution is -2.01. The van der Waals surface area contributed by atoms with Crippen molar-refractivity contribution in [3.63, 3.8) is 0 Å². The van der Waals surface area contributed by atoms with Gasteiger partial charge >= 0.3 is 0 Å². The number of nitrogens with zero attached hydrogens (tertiary/aromatic N) is 3. The number of aromatic nitrogens is 3. The zero-order valence-electron chi connectivity index (χ0n) is 11.7. The third-order valence-corrected chi connectivity index (χ3v) is 4.06. The van der Waals surface area contributed by atoms with E-state index >= 15 is 0 Å². The predicted octanol–water partition coefficient (Wildman–Crippen LogP) is 3.50. The summed E-state index contributed by atoms with van der Waals surface area (Å²) < 4.78 is 1.96. The molecule has 102 valence electrons. The molecule has 1 aromatic carbocycles. The Bertz CT molecular complexity index is 770. The highest BCUT2D eigenvalue weighted by molar-refractivity contribution is 7.13. The number of aryl methyl sites for hydroxylation is 2. The van der Waals surface area contributed by atoms with Gasteiger partial charge in [-0.3, -0.25) is 0 Å².